The predicted octanol–water partition coefficient (Wildman–Crippen LogP) is 1.44. The maximum atomic E-state index is 11.5. The van der Waals surface area contributed by atoms with E-state index in [4.69, 9.17) is 5.11 Å². The lowest BCUT2D eigenvalue weighted by atomic mass is 10.3. The van der Waals surface area contributed by atoms with Crippen LogP contribution in [0.25, 0.3) is 5.69 Å². The fourth-order valence-electron chi connectivity index (χ4n) is 1.81. The minimum atomic E-state index is -0.408. The van der Waals surface area contributed by atoms with E-state index < -0.39 is 6.10 Å². The van der Waals surface area contributed by atoms with Gasteiger partial charge in [-0.2, -0.15) is 5.10 Å². The van der Waals surface area contributed by atoms with E-state index >= 15 is 0 Å². The maximum absolute atomic E-state index is 11.5. The van der Waals surface area contributed by atoms with E-state index in [0.29, 0.717) is 19.5 Å². The molecule has 1 aromatic carbocycles. The molecule has 0 aliphatic carbocycles. The highest BCUT2D eigenvalue weighted by Crippen LogP contribution is 2.07. The number of aliphatic hydroxyl groups is 1. The minimum Gasteiger partial charge on any atom is -0.393 e. The van der Waals surface area contributed by atoms with Gasteiger partial charge in [0.05, 0.1) is 18.0 Å². The van der Waals surface area contributed by atoms with Gasteiger partial charge in [0, 0.05) is 24.8 Å². The summed E-state index contributed by atoms with van der Waals surface area (Å²) in [5.74, 6) is 0. The summed E-state index contributed by atoms with van der Waals surface area (Å²) in [6.07, 6.45) is 3.74. The number of hydrogen-bond donors (Lipinski definition) is 3. The molecule has 2 rings (SSSR count). The zero-order valence-corrected chi connectivity index (χ0v) is 12.0. The quantitative estimate of drug-likeness (QED) is 0.752. The molecule has 1 atom stereocenters. The number of para-hydroxylation sites is 1. The highest BCUT2D eigenvalue weighted by molar-refractivity contribution is 5.73. The lowest BCUT2D eigenvalue weighted by Crippen LogP contribution is -2.36. The number of nitrogens with one attached hydrogen (secondary N) is 2. The number of nitrogens with zero attached hydrogens (tertiary/aromatic N) is 2. The number of amides is 2. The molecule has 0 aliphatic rings. The molecular formula is C15H20N4O2. The second-order valence-corrected chi connectivity index (χ2v) is 4.88. The summed E-state index contributed by atoms with van der Waals surface area (Å²) >= 11 is 0. The Hall–Kier alpha value is -2.34. The van der Waals surface area contributed by atoms with Gasteiger partial charge in [0.2, 0.25) is 0 Å². The van der Waals surface area contributed by atoms with Crippen LogP contribution in [0, 0.1) is 0 Å². The van der Waals surface area contributed by atoms with Crippen molar-refractivity contribution in [3.63, 3.8) is 0 Å². The highest BCUT2D eigenvalue weighted by atomic mass is 16.3. The van der Waals surface area contributed by atoms with Crippen molar-refractivity contribution in [3.05, 3.63) is 48.3 Å². The van der Waals surface area contributed by atoms with Crippen LogP contribution in [0.5, 0.6) is 0 Å². The molecule has 0 spiro atoms. The molecule has 2 amide bonds. The van der Waals surface area contributed by atoms with Crippen LogP contribution < -0.4 is 10.6 Å². The van der Waals surface area contributed by atoms with Crippen molar-refractivity contribution in [1.82, 2.24) is 20.4 Å². The molecule has 6 nitrogen and oxygen atoms in total. The number of hydrogen-bond acceptors (Lipinski definition) is 3. The zero-order valence-electron chi connectivity index (χ0n) is 12.0. The van der Waals surface area contributed by atoms with Gasteiger partial charge < -0.3 is 15.7 Å². The molecule has 21 heavy (non-hydrogen) atoms. The molecular weight excluding hydrogens is 268 g/mol. The average molecular weight is 288 g/mol. The first kappa shape index (κ1) is 15.1. The average Bonchev–Trinajstić information content (AvgIpc) is 2.94. The van der Waals surface area contributed by atoms with Crippen molar-refractivity contribution in [2.24, 2.45) is 0 Å². The third-order valence-corrected chi connectivity index (χ3v) is 2.96. The van der Waals surface area contributed by atoms with E-state index in [1.807, 2.05) is 36.5 Å². The maximum Gasteiger partial charge on any atom is 0.315 e. The number of carbonyl (C=O) groups is 1. The van der Waals surface area contributed by atoms with Gasteiger partial charge >= 0.3 is 6.03 Å². The first-order chi connectivity index (χ1) is 10.1. The fourth-order valence-corrected chi connectivity index (χ4v) is 1.81. The van der Waals surface area contributed by atoms with Crippen LogP contribution in [0.3, 0.4) is 0 Å². The number of benzene rings is 1. The molecule has 0 saturated carbocycles. The number of aliphatic hydroxyl groups excluding tert-OH is 1. The Kier molecular flexibility index (Phi) is 5.34. The largest absolute Gasteiger partial charge is 0.393 e. The topological polar surface area (TPSA) is 79.2 Å². The summed E-state index contributed by atoms with van der Waals surface area (Å²) in [4.78, 5) is 11.5. The van der Waals surface area contributed by atoms with Crippen molar-refractivity contribution >= 4 is 6.03 Å². The Morgan fingerprint density at radius 3 is 2.81 bits per heavy atom. The van der Waals surface area contributed by atoms with Crippen molar-refractivity contribution < 1.29 is 9.90 Å². The Balaban J connectivity index is 1.79. The fraction of sp³-hybridized carbons (Fsp3) is 0.333. The van der Waals surface area contributed by atoms with Crippen molar-refractivity contribution in [2.45, 2.75) is 26.0 Å². The molecule has 6 heteroatoms. The second-order valence-electron chi connectivity index (χ2n) is 4.88. The zero-order chi connectivity index (χ0) is 15.1. The Morgan fingerprint density at radius 1 is 1.33 bits per heavy atom. The van der Waals surface area contributed by atoms with E-state index in [1.165, 1.54) is 0 Å². The monoisotopic (exact) mass is 288 g/mol. The predicted molar refractivity (Wildman–Crippen MR) is 80.1 cm³/mol. The smallest absolute Gasteiger partial charge is 0.315 e. The third kappa shape index (κ3) is 4.92. The van der Waals surface area contributed by atoms with E-state index in [-0.39, 0.29) is 6.03 Å². The third-order valence-electron chi connectivity index (χ3n) is 2.96. The SMILES string of the molecule is CC(O)CCNC(=O)NCc1cnn(-c2ccccc2)c1. The highest BCUT2D eigenvalue weighted by Gasteiger charge is 2.04. The summed E-state index contributed by atoms with van der Waals surface area (Å²) in [6.45, 7) is 2.55. The van der Waals surface area contributed by atoms with Gasteiger partial charge in [-0.15, -0.1) is 0 Å². The molecule has 1 unspecified atom stereocenters. The molecule has 2 aromatic rings. The molecule has 0 radical (unpaired) electrons. The molecule has 112 valence electrons. The van der Waals surface area contributed by atoms with E-state index in [1.54, 1.807) is 17.8 Å². The first-order valence-corrected chi connectivity index (χ1v) is 6.94. The number of aromatic nitrogens is 2. The van der Waals surface area contributed by atoms with Gasteiger partial charge in [0.15, 0.2) is 0 Å². The van der Waals surface area contributed by atoms with Gasteiger partial charge in [0.25, 0.3) is 0 Å². The summed E-state index contributed by atoms with van der Waals surface area (Å²) in [5, 5.41) is 18.8. The first-order valence-electron chi connectivity index (χ1n) is 6.94. The number of rotatable bonds is 6. The van der Waals surface area contributed by atoms with E-state index in [9.17, 15) is 4.79 Å². The molecule has 0 bridgehead atoms. The van der Waals surface area contributed by atoms with Gasteiger partial charge in [0.1, 0.15) is 0 Å². The second kappa shape index (κ2) is 7.44. The lowest BCUT2D eigenvalue weighted by Gasteiger charge is -2.07. The number of carbonyl (C=O) groups excluding carboxylic acids is 1. The van der Waals surface area contributed by atoms with Crippen LogP contribution in [-0.4, -0.2) is 33.6 Å². The molecule has 3 N–H and O–H groups in total. The molecule has 1 heterocycles. The Labute approximate surface area is 123 Å². The van der Waals surface area contributed by atoms with Crippen molar-refractivity contribution in [1.29, 1.82) is 0 Å². The standard InChI is InChI=1S/C15H20N4O2/c1-12(20)7-8-16-15(21)17-9-13-10-18-19(11-13)14-5-3-2-4-6-14/h2-6,10-12,20H,7-9H2,1H3,(H2,16,17,21). The van der Waals surface area contributed by atoms with Crippen LogP contribution in [-0.2, 0) is 6.54 Å². The van der Waals surface area contributed by atoms with Crippen LogP contribution in [0.2, 0.25) is 0 Å². The van der Waals surface area contributed by atoms with E-state index in [2.05, 4.69) is 15.7 Å². The van der Waals surface area contributed by atoms with Gasteiger partial charge in [-0.3, -0.25) is 0 Å². The number of urea groups is 1. The molecule has 0 fully saturated rings. The van der Waals surface area contributed by atoms with Gasteiger partial charge in [-0.25, -0.2) is 9.48 Å². The molecule has 1 aromatic heterocycles. The Bertz CT molecular complexity index is 566. The van der Waals surface area contributed by atoms with Crippen LogP contribution in [0.15, 0.2) is 42.7 Å². The lowest BCUT2D eigenvalue weighted by molar-refractivity contribution is 0.183. The summed E-state index contributed by atoms with van der Waals surface area (Å²) in [5.41, 5.74) is 1.90. The van der Waals surface area contributed by atoms with Crippen molar-refractivity contribution in [3.8, 4) is 5.69 Å². The van der Waals surface area contributed by atoms with Crippen LogP contribution >= 0.6 is 0 Å². The normalized spacial score (nSPS) is 11.9. The Morgan fingerprint density at radius 2 is 2.10 bits per heavy atom. The van der Waals surface area contributed by atoms with Gasteiger partial charge in [-0.05, 0) is 25.5 Å². The minimum absolute atomic E-state index is 0.247. The van der Waals surface area contributed by atoms with Crippen LogP contribution in [0.1, 0.15) is 18.9 Å². The summed E-state index contributed by atoms with van der Waals surface area (Å²) in [7, 11) is 0. The summed E-state index contributed by atoms with van der Waals surface area (Å²) in [6, 6.07) is 9.53. The summed E-state index contributed by atoms with van der Waals surface area (Å²) < 4.78 is 1.77. The van der Waals surface area contributed by atoms with Crippen LogP contribution in [0.4, 0.5) is 4.79 Å². The molecule has 0 saturated heterocycles. The van der Waals surface area contributed by atoms with Gasteiger partial charge in [-0.1, -0.05) is 18.2 Å². The van der Waals surface area contributed by atoms with E-state index in [0.717, 1.165) is 11.3 Å². The molecule has 0 aliphatic heterocycles. The van der Waals surface area contributed by atoms with Crippen molar-refractivity contribution in [2.75, 3.05) is 6.54 Å².